The molecule has 0 aromatic carbocycles. The molecule has 94 valence electrons. The average molecular weight is 243 g/mol. The van der Waals surface area contributed by atoms with E-state index in [-0.39, 0.29) is 5.82 Å². The third kappa shape index (κ3) is 2.03. The first-order valence-corrected chi connectivity index (χ1v) is 4.96. The van der Waals surface area contributed by atoms with Crippen LogP contribution in [0.2, 0.25) is 0 Å². The van der Waals surface area contributed by atoms with Crippen molar-refractivity contribution in [2.24, 2.45) is 5.73 Å². The SMILES string of the molecule is [2H]C(O)[C@H]1O[C@@H](n2ccc(N)nc2=O)[C@H](N)[C@@H]1O. The van der Waals surface area contributed by atoms with Crippen molar-refractivity contribution in [3.05, 3.63) is 22.7 Å². The lowest BCUT2D eigenvalue weighted by Crippen LogP contribution is -2.42. The normalized spacial score (nSPS) is 35.6. The number of nitrogens with two attached hydrogens (primary N) is 2. The number of nitrogen functional groups attached to an aromatic ring is 1. The maximum Gasteiger partial charge on any atom is 0.351 e. The monoisotopic (exact) mass is 243 g/mol. The van der Waals surface area contributed by atoms with Crippen molar-refractivity contribution in [1.29, 1.82) is 0 Å². The highest BCUT2D eigenvalue weighted by Gasteiger charge is 2.42. The average Bonchev–Trinajstić information content (AvgIpc) is 2.57. The number of aliphatic hydroxyl groups excluding tert-OH is 2. The van der Waals surface area contributed by atoms with Crippen molar-refractivity contribution >= 4 is 5.82 Å². The molecule has 0 bridgehead atoms. The summed E-state index contributed by atoms with van der Waals surface area (Å²) in [5.41, 5.74) is 10.4. The largest absolute Gasteiger partial charge is 0.394 e. The fourth-order valence-electron chi connectivity index (χ4n) is 1.71. The van der Waals surface area contributed by atoms with Gasteiger partial charge in [-0.2, -0.15) is 4.98 Å². The molecule has 2 heterocycles. The van der Waals surface area contributed by atoms with Gasteiger partial charge in [-0.3, -0.25) is 4.57 Å². The summed E-state index contributed by atoms with van der Waals surface area (Å²) in [5.74, 6) is 0.0560. The second-order valence-electron chi connectivity index (χ2n) is 3.75. The van der Waals surface area contributed by atoms with Gasteiger partial charge < -0.3 is 26.4 Å². The molecule has 17 heavy (non-hydrogen) atoms. The molecule has 1 aromatic heterocycles. The summed E-state index contributed by atoms with van der Waals surface area (Å²) in [6.07, 6.45) is -2.08. The lowest BCUT2D eigenvalue weighted by molar-refractivity contribution is -0.0464. The zero-order chi connectivity index (χ0) is 13.4. The van der Waals surface area contributed by atoms with Gasteiger partial charge in [0.2, 0.25) is 0 Å². The fraction of sp³-hybridized carbons (Fsp3) is 0.556. The molecule has 0 amide bonds. The molecule has 0 saturated carbocycles. The van der Waals surface area contributed by atoms with Crippen LogP contribution < -0.4 is 17.2 Å². The van der Waals surface area contributed by atoms with Crippen LogP contribution in [0.4, 0.5) is 5.82 Å². The van der Waals surface area contributed by atoms with Crippen LogP contribution in [0.5, 0.6) is 0 Å². The minimum atomic E-state index is -1.64. The number of rotatable bonds is 2. The lowest BCUT2D eigenvalue weighted by Gasteiger charge is -2.17. The molecule has 0 spiro atoms. The molecule has 1 aliphatic heterocycles. The predicted molar refractivity (Wildman–Crippen MR) is 57.9 cm³/mol. The van der Waals surface area contributed by atoms with E-state index >= 15 is 0 Å². The van der Waals surface area contributed by atoms with E-state index in [0.29, 0.717) is 0 Å². The number of nitrogens with zero attached hydrogens (tertiary/aromatic N) is 2. The molecule has 0 aliphatic carbocycles. The number of aliphatic hydroxyl groups is 2. The second-order valence-corrected chi connectivity index (χ2v) is 3.75. The van der Waals surface area contributed by atoms with Gasteiger partial charge in [-0.25, -0.2) is 4.79 Å². The summed E-state index contributed by atoms with van der Waals surface area (Å²) in [7, 11) is 0. The molecule has 8 heteroatoms. The highest BCUT2D eigenvalue weighted by Crippen LogP contribution is 2.26. The first kappa shape index (κ1) is 10.7. The number of ether oxygens (including phenoxy) is 1. The van der Waals surface area contributed by atoms with Crippen LogP contribution in [0.1, 0.15) is 7.60 Å². The van der Waals surface area contributed by atoms with Crippen LogP contribution in [0, 0.1) is 0 Å². The standard InChI is InChI=1S/C9H14N4O4/c10-5-1-2-13(9(16)12-5)8-6(11)7(15)4(3-14)17-8/h1-2,4,6-8,14-15H,3,11H2,(H2,10,12,16)/t4-,6-,7-,8-/m1/s1/i3D/t3?,4-,6-,7-,8-. The zero-order valence-electron chi connectivity index (χ0n) is 9.80. The van der Waals surface area contributed by atoms with Crippen LogP contribution in [-0.2, 0) is 4.74 Å². The number of aromatic nitrogens is 2. The van der Waals surface area contributed by atoms with Crippen molar-refractivity contribution in [1.82, 2.24) is 9.55 Å². The van der Waals surface area contributed by atoms with Gasteiger partial charge in [-0.1, -0.05) is 0 Å². The van der Waals surface area contributed by atoms with Gasteiger partial charge in [0, 0.05) is 6.20 Å². The molecule has 5 atom stereocenters. The molecule has 1 aromatic rings. The second kappa shape index (κ2) is 4.41. The van der Waals surface area contributed by atoms with Crippen molar-refractivity contribution in [2.75, 3.05) is 12.3 Å². The molecule has 6 N–H and O–H groups in total. The fourth-order valence-corrected chi connectivity index (χ4v) is 1.71. The summed E-state index contributed by atoms with van der Waals surface area (Å²) in [6, 6.07) is 0.437. The van der Waals surface area contributed by atoms with Gasteiger partial charge in [0.15, 0.2) is 6.23 Å². The van der Waals surface area contributed by atoms with Gasteiger partial charge in [0.25, 0.3) is 0 Å². The van der Waals surface area contributed by atoms with Crippen molar-refractivity contribution in [3.8, 4) is 0 Å². The highest BCUT2D eigenvalue weighted by molar-refractivity contribution is 5.23. The van der Waals surface area contributed by atoms with Crippen LogP contribution in [-0.4, -0.2) is 44.6 Å². The molecule has 0 radical (unpaired) electrons. The quantitative estimate of drug-likeness (QED) is 0.447. The Labute approximate surface area is 97.8 Å². The first-order chi connectivity index (χ1) is 8.41. The Morgan fingerprint density at radius 2 is 2.41 bits per heavy atom. The highest BCUT2D eigenvalue weighted by atomic mass is 16.5. The van der Waals surface area contributed by atoms with Crippen LogP contribution in [0.15, 0.2) is 17.1 Å². The molecular formula is C9H14N4O4. The van der Waals surface area contributed by atoms with E-state index in [4.69, 9.17) is 22.7 Å². The third-order valence-corrected chi connectivity index (χ3v) is 2.63. The van der Waals surface area contributed by atoms with Gasteiger partial charge in [0.1, 0.15) is 18.0 Å². The smallest absolute Gasteiger partial charge is 0.351 e. The molecule has 2 rings (SSSR count). The molecule has 1 unspecified atom stereocenters. The first-order valence-electron chi connectivity index (χ1n) is 5.53. The summed E-state index contributed by atoms with van der Waals surface area (Å²) in [6.45, 7) is -1.64. The van der Waals surface area contributed by atoms with E-state index < -0.39 is 36.8 Å². The van der Waals surface area contributed by atoms with Gasteiger partial charge >= 0.3 is 5.69 Å². The Balaban J connectivity index is 2.32. The molecule has 1 fully saturated rings. The maximum atomic E-state index is 11.6. The van der Waals surface area contributed by atoms with E-state index in [1.54, 1.807) is 0 Å². The molecule has 1 aliphatic rings. The summed E-state index contributed by atoms with van der Waals surface area (Å²) in [5, 5.41) is 18.8. The van der Waals surface area contributed by atoms with E-state index in [1.807, 2.05) is 0 Å². The Morgan fingerprint density at radius 3 is 2.94 bits per heavy atom. The number of hydrogen-bond acceptors (Lipinski definition) is 7. The van der Waals surface area contributed by atoms with E-state index in [2.05, 4.69) is 4.98 Å². The predicted octanol–water partition coefficient (Wildman–Crippen LogP) is -2.60. The third-order valence-electron chi connectivity index (χ3n) is 2.63. The van der Waals surface area contributed by atoms with Crippen LogP contribution in [0.3, 0.4) is 0 Å². The van der Waals surface area contributed by atoms with Gasteiger partial charge in [0.05, 0.1) is 14.0 Å². The Kier molecular flexibility index (Phi) is 2.77. The van der Waals surface area contributed by atoms with Crippen molar-refractivity contribution in [3.63, 3.8) is 0 Å². The topological polar surface area (TPSA) is 137 Å². The van der Waals surface area contributed by atoms with Crippen molar-refractivity contribution in [2.45, 2.75) is 24.5 Å². The Morgan fingerprint density at radius 1 is 1.71 bits per heavy atom. The van der Waals surface area contributed by atoms with E-state index in [1.165, 1.54) is 12.3 Å². The summed E-state index contributed by atoms with van der Waals surface area (Å²) < 4.78 is 13.4. The minimum absolute atomic E-state index is 0.0560. The van der Waals surface area contributed by atoms with Crippen LogP contribution >= 0.6 is 0 Å². The van der Waals surface area contributed by atoms with Gasteiger partial charge in [-0.05, 0) is 6.07 Å². The summed E-state index contributed by atoms with van der Waals surface area (Å²) in [4.78, 5) is 15.1. The summed E-state index contributed by atoms with van der Waals surface area (Å²) >= 11 is 0. The number of anilines is 1. The van der Waals surface area contributed by atoms with Crippen molar-refractivity contribution < 1.29 is 16.3 Å². The number of hydrogen-bond donors (Lipinski definition) is 4. The minimum Gasteiger partial charge on any atom is -0.394 e. The van der Waals surface area contributed by atoms with E-state index in [0.717, 1.165) is 4.57 Å². The van der Waals surface area contributed by atoms with Crippen LogP contribution in [0.25, 0.3) is 0 Å². The zero-order valence-corrected chi connectivity index (χ0v) is 8.80. The van der Waals surface area contributed by atoms with Gasteiger partial charge in [-0.15, -0.1) is 0 Å². The maximum absolute atomic E-state index is 11.6. The Hall–Kier alpha value is -1.48. The molecule has 1 saturated heterocycles. The molecular weight excluding hydrogens is 228 g/mol. The lowest BCUT2D eigenvalue weighted by atomic mass is 10.1. The Bertz CT molecular complexity index is 494. The van der Waals surface area contributed by atoms with E-state index in [9.17, 15) is 9.90 Å². The molecule has 8 nitrogen and oxygen atoms in total.